The number of fused-ring (bicyclic) bond motifs is 1. The van der Waals surface area contributed by atoms with E-state index in [0.717, 1.165) is 22.8 Å². The molecule has 2 aromatic carbocycles. The molecule has 2 aliphatic rings. The van der Waals surface area contributed by atoms with Gasteiger partial charge in [-0.2, -0.15) is 0 Å². The van der Waals surface area contributed by atoms with E-state index in [1.54, 1.807) is 0 Å². The highest BCUT2D eigenvalue weighted by atomic mass is 16.7. The van der Waals surface area contributed by atoms with Crippen molar-refractivity contribution in [2.24, 2.45) is 5.92 Å². The molecule has 0 spiro atoms. The molecule has 1 saturated heterocycles. The van der Waals surface area contributed by atoms with Crippen LogP contribution in [0.1, 0.15) is 50.9 Å². The average molecular weight is 351 g/mol. The molecule has 0 atom stereocenters. The molecule has 4 nitrogen and oxygen atoms in total. The summed E-state index contributed by atoms with van der Waals surface area (Å²) in [4.78, 5) is 12.4. The molecule has 2 fully saturated rings. The lowest BCUT2D eigenvalue weighted by atomic mass is 9.76. The van der Waals surface area contributed by atoms with Gasteiger partial charge in [0.2, 0.25) is 0 Å². The van der Waals surface area contributed by atoms with E-state index in [1.165, 1.54) is 12.8 Å². The molecule has 0 radical (unpaired) electrons. The van der Waals surface area contributed by atoms with E-state index in [-0.39, 0.29) is 17.1 Å². The van der Waals surface area contributed by atoms with Gasteiger partial charge in [-0.25, -0.2) is 0 Å². The third-order valence-electron chi connectivity index (χ3n) is 5.93. The van der Waals surface area contributed by atoms with Crippen LogP contribution in [-0.2, 0) is 9.31 Å². The largest absolute Gasteiger partial charge is 0.495 e. The van der Waals surface area contributed by atoms with Gasteiger partial charge in [-0.1, -0.05) is 24.3 Å². The zero-order valence-electron chi connectivity index (χ0n) is 16.0. The summed E-state index contributed by atoms with van der Waals surface area (Å²) in [5, 5.41) is 5.11. The van der Waals surface area contributed by atoms with E-state index in [0.29, 0.717) is 11.5 Å². The molecule has 0 aromatic heterocycles. The zero-order valence-corrected chi connectivity index (χ0v) is 16.0. The first-order valence-electron chi connectivity index (χ1n) is 9.43. The van der Waals surface area contributed by atoms with Crippen LogP contribution in [0.2, 0.25) is 0 Å². The van der Waals surface area contributed by atoms with Crippen molar-refractivity contribution in [2.75, 3.05) is 6.54 Å². The van der Waals surface area contributed by atoms with Crippen LogP contribution >= 0.6 is 0 Å². The lowest BCUT2D eigenvalue weighted by molar-refractivity contribution is 0.00578. The predicted octanol–water partition coefficient (Wildman–Crippen LogP) is 3.28. The average Bonchev–Trinajstić information content (AvgIpc) is 3.38. The second kappa shape index (κ2) is 6.10. The van der Waals surface area contributed by atoms with Gasteiger partial charge in [-0.15, -0.1) is 0 Å². The molecule has 1 aliphatic carbocycles. The van der Waals surface area contributed by atoms with Crippen LogP contribution in [-0.4, -0.2) is 30.8 Å². The maximum Gasteiger partial charge on any atom is 0.495 e. The minimum atomic E-state index is -0.404. The van der Waals surface area contributed by atoms with Crippen molar-refractivity contribution >= 4 is 29.3 Å². The van der Waals surface area contributed by atoms with Gasteiger partial charge in [0.15, 0.2) is 0 Å². The standard InChI is InChI=1S/C21H26BNO3/c1-20(2)21(3,4)26-22(25-20)18-7-5-6-15-12-16(10-11-17(15)18)19(24)23-13-14-8-9-14/h5-7,10-12,14H,8-9,13H2,1-4H3,(H,23,24). The number of carbonyl (C=O) groups is 1. The molecule has 1 heterocycles. The molecular weight excluding hydrogens is 325 g/mol. The molecule has 1 N–H and O–H groups in total. The highest BCUT2D eigenvalue weighted by Crippen LogP contribution is 2.37. The Bertz CT molecular complexity index is 841. The van der Waals surface area contributed by atoms with Crippen LogP contribution in [0, 0.1) is 5.92 Å². The number of amides is 1. The van der Waals surface area contributed by atoms with Gasteiger partial charge < -0.3 is 14.6 Å². The molecule has 26 heavy (non-hydrogen) atoms. The SMILES string of the molecule is CC1(C)OB(c2cccc3cc(C(=O)NCC4CC4)ccc23)OC1(C)C. The number of hydrogen-bond donors (Lipinski definition) is 1. The lowest BCUT2D eigenvalue weighted by Crippen LogP contribution is -2.41. The molecule has 0 bridgehead atoms. The summed E-state index contributed by atoms with van der Waals surface area (Å²) in [6.45, 7) is 9.01. The number of rotatable bonds is 4. The van der Waals surface area contributed by atoms with Crippen LogP contribution < -0.4 is 10.8 Å². The highest BCUT2D eigenvalue weighted by Gasteiger charge is 2.52. The van der Waals surface area contributed by atoms with Crippen molar-refractivity contribution in [3.63, 3.8) is 0 Å². The summed E-state index contributed by atoms with van der Waals surface area (Å²) < 4.78 is 12.4. The van der Waals surface area contributed by atoms with Crippen LogP contribution in [0.25, 0.3) is 10.8 Å². The Labute approximate surface area is 155 Å². The zero-order chi connectivity index (χ0) is 18.5. The van der Waals surface area contributed by atoms with Crippen molar-refractivity contribution < 1.29 is 14.1 Å². The second-order valence-corrected chi connectivity index (χ2v) is 8.52. The highest BCUT2D eigenvalue weighted by molar-refractivity contribution is 6.65. The van der Waals surface area contributed by atoms with Crippen molar-refractivity contribution in [1.29, 1.82) is 0 Å². The minimum absolute atomic E-state index is 0.000152. The summed E-state index contributed by atoms with van der Waals surface area (Å²) >= 11 is 0. The molecule has 5 heteroatoms. The fourth-order valence-electron chi connectivity index (χ4n) is 3.29. The third kappa shape index (κ3) is 3.14. The van der Waals surface area contributed by atoms with Gasteiger partial charge in [-0.05, 0) is 74.8 Å². The van der Waals surface area contributed by atoms with Crippen LogP contribution in [0.15, 0.2) is 36.4 Å². The van der Waals surface area contributed by atoms with E-state index in [2.05, 4.69) is 33.0 Å². The summed E-state index contributed by atoms with van der Waals surface area (Å²) in [5.41, 5.74) is 0.959. The van der Waals surface area contributed by atoms with Crippen molar-refractivity contribution in [2.45, 2.75) is 51.7 Å². The topological polar surface area (TPSA) is 47.6 Å². The van der Waals surface area contributed by atoms with Crippen molar-refractivity contribution in [3.05, 3.63) is 42.0 Å². The third-order valence-corrected chi connectivity index (χ3v) is 5.93. The maximum absolute atomic E-state index is 12.4. The minimum Gasteiger partial charge on any atom is -0.399 e. The van der Waals surface area contributed by atoms with Gasteiger partial charge in [0.05, 0.1) is 11.2 Å². The number of hydrogen-bond acceptors (Lipinski definition) is 3. The Morgan fingerprint density at radius 3 is 2.46 bits per heavy atom. The molecular formula is C21H26BNO3. The lowest BCUT2D eigenvalue weighted by Gasteiger charge is -2.32. The van der Waals surface area contributed by atoms with Crippen LogP contribution in [0.4, 0.5) is 0 Å². The molecule has 136 valence electrons. The Morgan fingerprint density at radius 2 is 1.81 bits per heavy atom. The summed E-state index contributed by atoms with van der Waals surface area (Å²) in [6, 6.07) is 11.9. The summed E-state index contributed by atoms with van der Waals surface area (Å²) in [5.74, 6) is 0.675. The van der Waals surface area contributed by atoms with E-state index < -0.39 is 7.12 Å². The van der Waals surface area contributed by atoms with Gasteiger partial charge in [0.25, 0.3) is 5.91 Å². The molecule has 0 unspecified atom stereocenters. The monoisotopic (exact) mass is 351 g/mol. The quantitative estimate of drug-likeness (QED) is 0.860. The fraction of sp³-hybridized carbons (Fsp3) is 0.476. The summed E-state index contributed by atoms with van der Waals surface area (Å²) in [7, 11) is -0.404. The Kier molecular flexibility index (Phi) is 4.12. The Hall–Kier alpha value is -1.85. The van der Waals surface area contributed by atoms with Crippen molar-refractivity contribution in [3.8, 4) is 0 Å². The predicted molar refractivity (Wildman–Crippen MR) is 105 cm³/mol. The smallest absolute Gasteiger partial charge is 0.399 e. The van der Waals surface area contributed by atoms with E-state index in [9.17, 15) is 4.79 Å². The number of nitrogens with one attached hydrogen (secondary N) is 1. The fourth-order valence-corrected chi connectivity index (χ4v) is 3.29. The van der Waals surface area contributed by atoms with Gasteiger partial charge >= 0.3 is 7.12 Å². The van der Waals surface area contributed by atoms with Crippen molar-refractivity contribution in [1.82, 2.24) is 5.32 Å². The van der Waals surface area contributed by atoms with Crippen LogP contribution in [0.5, 0.6) is 0 Å². The van der Waals surface area contributed by atoms with Crippen LogP contribution in [0.3, 0.4) is 0 Å². The maximum atomic E-state index is 12.4. The first kappa shape index (κ1) is 17.6. The Balaban J connectivity index is 1.62. The first-order chi connectivity index (χ1) is 12.3. The molecule has 1 aliphatic heterocycles. The van der Waals surface area contributed by atoms with E-state index >= 15 is 0 Å². The van der Waals surface area contributed by atoms with Gasteiger partial charge in [0, 0.05) is 12.1 Å². The molecule has 1 amide bonds. The normalized spacial score (nSPS) is 21.2. The second-order valence-electron chi connectivity index (χ2n) is 8.52. The number of benzene rings is 2. The Morgan fingerprint density at radius 1 is 1.12 bits per heavy atom. The van der Waals surface area contributed by atoms with Gasteiger partial charge in [0.1, 0.15) is 0 Å². The molecule has 1 saturated carbocycles. The van der Waals surface area contributed by atoms with E-state index in [1.807, 2.05) is 36.4 Å². The first-order valence-corrected chi connectivity index (χ1v) is 9.43. The molecule has 4 rings (SSSR count). The number of carbonyl (C=O) groups excluding carboxylic acids is 1. The summed E-state index contributed by atoms with van der Waals surface area (Å²) in [6.07, 6.45) is 2.46. The molecule has 2 aromatic rings. The van der Waals surface area contributed by atoms with Gasteiger partial charge in [-0.3, -0.25) is 4.79 Å². The van der Waals surface area contributed by atoms with E-state index in [4.69, 9.17) is 9.31 Å².